The molecule has 4 rings (SSSR count). The minimum Gasteiger partial charge on any atom is -0.393 e. The molecule has 2 N–H and O–H groups in total. The normalized spacial score (nSPS) is 60.0. The molecule has 4 aliphatic rings. The predicted molar refractivity (Wildman–Crippen MR) is 83.7 cm³/mol. The van der Waals surface area contributed by atoms with Gasteiger partial charge < -0.3 is 10.2 Å². The highest BCUT2D eigenvalue weighted by Crippen LogP contribution is 2.66. The van der Waals surface area contributed by atoms with E-state index in [2.05, 4.69) is 13.8 Å². The predicted octanol–water partition coefficient (Wildman–Crippen LogP) is 3.75. The number of aliphatic hydroxyl groups is 2. The van der Waals surface area contributed by atoms with Gasteiger partial charge in [0.1, 0.15) is 0 Å². The largest absolute Gasteiger partial charge is 0.393 e. The molecule has 21 heavy (non-hydrogen) atoms. The third kappa shape index (κ3) is 1.91. The molecule has 4 aliphatic carbocycles. The lowest BCUT2D eigenvalue weighted by molar-refractivity contribution is -0.161. The molecule has 4 saturated carbocycles. The average Bonchev–Trinajstić information content (AvgIpc) is 2.85. The third-order valence-corrected chi connectivity index (χ3v) is 8.55. The van der Waals surface area contributed by atoms with Crippen LogP contribution in [0.25, 0.3) is 0 Å². The van der Waals surface area contributed by atoms with Crippen molar-refractivity contribution >= 4 is 0 Å². The van der Waals surface area contributed by atoms with Crippen molar-refractivity contribution in [3.63, 3.8) is 0 Å². The standard InChI is InChI=1S/C19H32O2/c1-18-9-7-13(20)10-12(18)5-6-14-15-4-3-8-19(15,2)17(21)11-16(14)18/h12-17,20-21H,3-11H2,1-2H3/t12-,13-,14?,15+,16+,17+,18+,19-/m1/s1. The number of fused-ring (bicyclic) bond motifs is 5. The van der Waals surface area contributed by atoms with Crippen molar-refractivity contribution in [2.24, 2.45) is 34.5 Å². The van der Waals surface area contributed by atoms with Crippen LogP contribution in [0.2, 0.25) is 0 Å². The van der Waals surface area contributed by atoms with Crippen LogP contribution in [0, 0.1) is 34.5 Å². The summed E-state index contributed by atoms with van der Waals surface area (Å²) in [6, 6.07) is 0. The van der Waals surface area contributed by atoms with Gasteiger partial charge in [-0.1, -0.05) is 20.3 Å². The van der Waals surface area contributed by atoms with Crippen molar-refractivity contribution in [3.05, 3.63) is 0 Å². The molecular weight excluding hydrogens is 260 g/mol. The first-order valence-electron chi connectivity index (χ1n) is 9.31. The van der Waals surface area contributed by atoms with Crippen molar-refractivity contribution < 1.29 is 10.2 Å². The summed E-state index contributed by atoms with van der Waals surface area (Å²) in [5.74, 6) is 3.00. The van der Waals surface area contributed by atoms with E-state index in [0.717, 1.165) is 31.1 Å². The van der Waals surface area contributed by atoms with Crippen molar-refractivity contribution in [1.29, 1.82) is 0 Å². The highest BCUT2D eigenvalue weighted by Gasteiger charge is 2.60. The van der Waals surface area contributed by atoms with Gasteiger partial charge in [-0.05, 0) is 85.9 Å². The van der Waals surface area contributed by atoms with Crippen LogP contribution >= 0.6 is 0 Å². The molecule has 0 amide bonds. The molecule has 4 fully saturated rings. The number of rotatable bonds is 0. The lowest BCUT2D eigenvalue weighted by Gasteiger charge is -2.61. The summed E-state index contributed by atoms with van der Waals surface area (Å²) in [4.78, 5) is 0. The molecule has 1 unspecified atom stereocenters. The van der Waals surface area contributed by atoms with Crippen LogP contribution in [-0.4, -0.2) is 22.4 Å². The average molecular weight is 292 g/mol. The fourth-order valence-electron chi connectivity index (χ4n) is 7.19. The van der Waals surface area contributed by atoms with Crippen molar-refractivity contribution in [1.82, 2.24) is 0 Å². The number of hydrogen-bond donors (Lipinski definition) is 2. The first-order chi connectivity index (χ1) is 9.95. The Morgan fingerprint density at radius 1 is 0.810 bits per heavy atom. The molecule has 0 aliphatic heterocycles. The Bertz CT molecular complexity index is 422. The summed E-state index contributed by atoms with van der Waals surface area (Å²) in [7, 11) is 0. The van der Waals surface area contributed by atoms with Gasteiger partial charge in [0.25, 0.3) is 0 Å². The molecule has 2 nitrogen and oxygen atoms in total. The molecule has 2 heteroatoms. The van der Waals surface area contributed by atoms with E-state index < -0.39 is 0 Å². The summed E-state index contributed by atoms with van der Waals surface area (Å²) in [6.07, 6.45) is 10.6. The van der Waals surface area contributed by atoms with Crippen molar-refractivity contribution in [2.45, 2.75) is 83.8 Å². The van der Waals surface area contributed by atoms with E-state index in [1.54, 1.807) is 0 Å². The Balaban J connectivity index is 1.66. The van der Waals surface area contributed by atoms with Crippen molar-refractivity contribution in [2.75, 3.05) is 0 Å². The Labute approximate surface area is 129 Å². The molecule has 0 aromatic rings. The van der Waals surface area contributed by atoms with E-state index in [1.807, 2.05) is 0 Å². The zero-order valence-corrected chi connectivity index (χ0v) is 13.7. The van der Waals surface area contributed by atoms with E-state index in [-0.39, 0.29) is 17.6 Å². The van der Waals surface area contributed by atoms with Gasteiger partial charge >= 0.3 is 0 Å². The summed E-state index contributed by atoms with van der Waals surface area (Å²) in [5.41, 5.74) is 0.589. The van der Waals surface area contributed by atoms with Crippen LogP contribution in [0.3, 0.4) is 0 Å². The van der Waals surface area contributed by atoms with E-state index >= 15 is 0 Å². The van der Waals surface area contributed by atoms with Gasteiger partial charge in [0.2, 0.25) is 0 Å². The molecule has 0 spiro atoms. The van der Waals surface area contributed by atoms with Gasteiger partial charge in [-0.25, -0.2) is 0 Å². The summed E-state index contributed by atoms with van der Waals surface area (Å²) < 4.78 is 0. The Morgan fingerprint density at radius 3 is 2.43 bits per heavy atom. The fraction of sp³-hybridized carbons (Fsp3) is 1.00. The van der Waals surface area contributed by atoms with Crippen molar-refractivity contribution in [3.8, 4) is 0 Å². The van der Waals surface area contributed by atoms with Gasteiger partial charge in [-0.3, -0.25) is 0 Å². The van der Waals surface area contributed by atoms with Crippen LogP contribution in [0.5, 0.6) is 0 Å². The molecule has 0 aromatic heterocycles. The van der Waals surface area contributed by atoms with E-state index in [0.29, 0.717) is 17.3 Å². The molecule has 8 atom stereocenters. The molecule has 0 aromatic carbocycles. The second-order valence-electron chi connectivity index (χ2n) is 9.23. The Morgan fingerprint density at radius 2 is 1.62 bits per heavy atom. The SMILES string of the molecule is C[C@]12CC[C@@H](O)C[C@H]1CCC1[C@@H]2C[C@H](O)[C@]2(C)CCC[C@@H]12. The first kappa shape index (κ1) is 14.5. The minimum absolute atomic E-state index is 0.0649. The first-order valence-corrected chi connectivity index (χ1v) is 9.31. The Kier molecular flexibility index (Phi) is 3.25. The quantitative estimate of drug-likeness (QED) is 0.714. The third-order valence-electron chi connectivity index (χ3n) is 8.55. The van der Waals surface area contributed by atoms with Gasteiger partial charge in [0.15, 0.2) is 0 Å². The smallest absolute Gasteiger partial charge is 0.0599 e. The fourth-order valence-corrected chi connectivity index (χ4v) is 7.19. The molecule has 0 radical (unpaired) electrons. The van der Waals surface area contributed by atoms with Crippen LogP contribution in [0.4, 0.5) is 0 Å². The molecule has 0 saturated heterocycles. The maximum Gasteiger partial charge on any atom is 0.0599 e. The molecular formula is C19H32O2. The second kappa shape index (κ2) is 4.71. The van der Waals surface area contributed by atoms with E-state index in [4.69, 9.17) is 0 Å². The Hall–Kier alpha value is -0.0800. The van der Waals surface area contributed by atoms with Crippen LogP contribution < -0.4 is 0 Å². The topological polar surface area (TPSA) is 40.5 Å². The maximum atomic E-state index is 10.9. The van der Waals surface area contributed by atoms with E-state index in [9.17, 15) is 10.2 Å². The zero-order chi connectivity index (χ0) is 14.8. The molecule has 0 bridgehead atoms. The van der Waals surface area contributed by atoms with Gasteiger partial charge in [0.05, 0.1) is 12.2 Å². The van der Waals surface area contributed by atoms with Gasteiger partial charge in [-0.2, -0.15) is 0 Å². The molecule has 0 heterocycles. The maximum absolute atomic E-state index is 10.9. The van der Waals surface area contributed by atoms with E-state index in [1.165, 1.54) is 38.5 Å². The second-order valence-corrected chi connectivity index (χ2v) is 9.23. The number of hydrogen-bond acceptors (Lipinski definition) is 2. The molecule has 120 valence electrons. The lowest BCUT2D eigenvalue weighted by Crippen LogP contribution is -2.57. The summed E-state index contributed by atoms with van der Waals surface area (Å²) >= 11 is 0. The lowest BCUT2D eigenvalue weighted by atomic mass is 9.44. The van der Waals surface area contributed by atoms with Crippen LogP contribution in [-0.2, 0) is 0 Å². The highest BCUT2D eigenvalue weighted by atomic mass is 16.3. The van der Waals surface area contributed by atoms with Gasteiger partial charge in [0, 0.05) is 0 Å². The van der Waals surface area contributed by atoms with Crippen LogP contribution in [0.15, 0.2) is 0 Å². The highest BCUT2D eigenvalue weighted by molar-refractivity contribution is 5.09. The number of aliphatic hydroxyl groups excluding tert-OH is 2. The zero-order valence-electron chi connectivity index (χ0n) is 13.7. The van der Waals surface area contributed by atoms with Crippen LogP contribution in [0.1, 0.15) is 71.6 Å². The minimum atomic E-state index is -0.0892. The van der Waals surface area contributed by atoms with Gasteiger partial charge in [-0.15, -0.1) is 0 Å². The summed E-state index contributed by atoms with van der Waals surface area (Å²) in [5, 5.41) is 20.9. The monoisotopic (exact) mass is 292 g/mol. The summed E-state index contributed by atoms with van der Waals surface area (Å²) in [6.45, 7) is 4.86.